The maximum Gasteiger partial charge on any atom is 0.0747 e. The van der Waals surface area contributed by atoms with E-state index in [9.17, 15) is 5.11 Å². The summed E-state index contributed by atoms with van der Waals surface area (Å²) >= 11 is 0. The van der Waals surface area contributed by atoms with Crippen molar-refractivity contribution in [1.29, 1.82) is 0 Å². The minimum Gasteiger partial charge on any atom is -0.389 e. The van der Waals surface area contributed by atoms with E-state index in [0.717, 1.165) is 25.1 Å². The van der Waals surface area contributed by atoms with Crippen LogP contribution in [0.4, 0.5) is 0 Å². The smallest absolute Gasteiger partial charge is 0.0747 e. The molecule has 0 aromatic carbocycles. The second-order valence-electron chi connectivity index (χ2n) is 4.22. The van der Waals surface area contributed by atoms with E-state index < -0.39 is 5.60 Å². The van der Waals surface area contributed by atoms with Gasteiger partial charge in [-0.15, -0.1) is 0 Å². The summed E-state index contributed by atoms with van der Waals surface area (Å²) in [5.41, 5.74) is 0.520. The Morgan fingerprint density at radius 3 is 2.87 bits per heavy atom. The number of likely N-dealkylation sites (N-methyl/N-ethyl adjacent to an activating group) is 1. The van der Waals surface area contributed by atoms with Crippen LogP contribution >= 0.6 is 0 Å². The number of aliphatic hydroxyl groups is 1. The molecule has 4 heteroatoms. The zero-order valence-corrected chi connectivity index (χ0v) is 9.82. The first-order valence-electron chi connectivity index (χ1n) is 5.45. The summed E-state index contributed by atoms with van der Waals surface area (Å²) in [5.74, 6) is 0. The molecule has 0 aliphatic carbocycles. The van der Waals surface area contributed by atoms with Gasteiger partial charge < -0.3 is 10.4 Å². The fraction of sp³-hybridized carbons (Fsp3) is 0.727. The van der Waals surface area contributed by atoms with E-state index in [1.54, 1.807) is 6.20 Å². The molecule has 0 radical (unpaired) electrons. The number of hydrogen-bond donors (Lipinski definition) is 2. The van der Waals surface area contributed by atoms with Crippen molar-refractivity contribution >= 4 is 0 Å². The number of rotatable bonds is 6. The fourth-order valence-corrected chi connectivity index (χ4v) is 1.53. The zero-order chi connectivity index (χ0) is 11.3. The van der Waals surface area contributed by atoms with Gasteiger partial charge in [0.2, 0.25) is 0 Å². The first kappa shape index (κ1) is 12.2. The molecule has 1 aromatic heterocycles. The van der Waals surface area contributed by atoms with Gasteiger partial charge in [-0.2, -0.15) is 5.10 Å². The lowest BCUT2D eigenvalue weighted by atomic mass is 9.99. The van der Waals surface area contributed by atoms with Gasteiger partial charge in [0.15, 0.2) is 0 Å². The Labute approximate surface area is 91.3 Å². The minimum atomic E-state index is -0.639. The Bertz CT molecular complexity index is 294. The molecule has 1 atom stereocenters. The molecule has 0 spiro atoms. The average Bonchev–Trinajstić information content (AvgIpc) is 2.58. The SMILES string of the molecule is CCNCC(C)(O)CCc1ccnn1C. The van der Waals surface area contributed by atoms with Crippen molar-refractivity contribution in [3.05, 3.63) is 18.0 Å². The molecule has 0 saturated carbocycles. The Morgan fingerprint density at radius 2 is 2.33 bits per heavy atom. The highest BCUT2D eigenvalue weighted by Gasteiger charge is 2.19. The van der Waals surface area contributed by atoms with Crippen LogP contribution in [0.3, 0.4) is 0 Å². The van der Waals surface area contributed by atoms with Crippen LogP contribution in [0.1, 0.15) is 26.0 Å². The first-order chi connectivity index (χ1) is 7.05. The average molecular weight is 211 g/mol. The zero-order valence-electron chi connectivity index (χ0n) is 9.82. The van der Waals surface area contributed by atoms with Crippen molar-refractivity contribution < 1.29 is 5.11 Å². The Kier molecular flexibility index (Phi) is 4.29. The Morgan fingerprint density at radius 1 is 1.60 bits per heavy atom. The summed E-state index contributed by atoms with van der Waals surface area (Å²) in [4.78, 5) is 0. The van der Waals surface area contributed by atoms with Gasteiger partial charge in [0, 0.05) is 25.5 Å². The quantitative estimate of drug-likeness (QED) is 0.728. The van der Waals surface area contributed by atoms with E-state index in [4.69, 9.17) is 0 Å². The predicted molar refractivity (Wildman–Crippen MR) is 60.7 cm³/mol. The molecule has 0 saturated heterocycles. The largest absolute Gasteiger partial charge is 0.389 e. The van der Waals surface area contributed by atoms with Gasteiger partial charge in [-0.25, -0.2) is 0 Å². The number of nitrogens with zero attached hydrogens (tertiary/aromatic N) is 2. The van der Waals surface area contributed by atoms with Gasteiger partial charge in [0.05, 0.1) is 5.60 Å². The van der Waals surface area contributed by atoms with Gasteiger partial charge in [-0.05, 0) is 32.4 Å². The molecule has 1 rings (SSSR count). The van der Waals surface area contributed by atoms with Gasteiger partial charge in [-0.1, -0.05) is 6.92 Å². The third-order valence-corrected chi connectivity index (χ3v) is 2.60. The maximum atomic E-state index is 10.0. The van der Waals surface area contributed by atoms with Crippen LogP contribution in [0.25, 0.3) is 0 Å². The van der Waals surface area contributed by atoms with Crippen LogP contribution in [-0.2, 0) is 13.5 Å². The van der Waals surface area contributed by atoms with Crippen molar-refractivity contribution in [2.24, 2.45) is 7.05 Å². The third kappa shape index (κ3) is 4.01. The highest BCUT2D eigenvalue weighted by Crippen LogP contribution is 2.12. The molecule has 86 valence electrons. The molecule has 0 amide bonds. The Hall–Kier alpha value is -0.870. The topological polar surface area (TPSA) is 50.1 Å². The number of nitrogens with one attached hydrogen (secondary N) is 1. The monoisotopic (exact) mass is 211 g/mol. The van der Waals surface area contributed by atoms with Gasteiger partial charge in [-0.3, -0.25) is 4.68 Å². The third-order valence-electron chi connectivity index (χ3n) is 2.60. The minimum absolute atomic E-state index is 0.639. The number of aryl methyl sites for hydroxylation is 2. The fourth-order valence-electron chi connectivity index (χ4n) is 1.53. The van der Waals surface area contributed by atoms with E-state index >= 15 is 0 Å². The Balaban J connectivity index is 2.39. The van der Waals surface area contributed by atoms with Crippen molar-refractivity contribution in [3.63, 3.8) is 0 Å². The normalized spacial score (nSPS) is 15.2. The van der Waals surface area contributed by atoms with E-state index in [-0.39, 0.29) is 0 Å². The lowest BCUT2D eigenvalue weighted by Gasteiger charge is -2.23. The summed E-state index contributed by atoms with van der Waals surface area (Å²) < 4.78 is 1.85. The van der Waals surface area contributed by atoms with Crippen LogP contribution in [0.2, 0.25) is 0 Å². The maximum absolute atomic E-state index is 10.0. The van der Waals surface area contributed by atoms with Crippen LogP contribution in [0, 0.1) is 0 Å². The van der Waals surface area contributed by atoms with Gasteiger partial charge in [0.1, 0.15) is 0 Å². The predicted octanol–water partition coefficient (Wildman–Crippen LogP) is 0.713. The van der Waals surface area contributed by atoms with Crippen LogP contribution in [0.15, 0.2) is 12.3 Å². The van der Waals surface area contributed by atoms with Crippen molar-refractivity contribution in [2.45, 2.75) is 32.3 Å². The molecule has 1 unspecified atom stereocenters. The lowest BCUT2D eigenvalue weighted by molar-refractivity contribution is 0.0512. The second kappa shape index (κ2) is 5.28. The summed E-state index contributed by atoms with van der Waals surface area (Å²) in [6, 6.07) is 1.99. The van der Waals surface area contributed by atoms with Crippen LogP contribution in [-0.4, -0.2) is 33.6 Å². The molecule has 4 nitrogen and oxygen atoms in total. The second-order valence-corrected chi connectivity index (χ2v) is 4.22. The molecule has 2 N–H and O–H groups in total. The summed E-state index contributed by atoms with van der Waals surface area (Å²) in [7, 11) is 1.92. The number of aromatic nitrogens is 2. The standard InChI is InChI=1S/C11H21N3O/c1-4-12-9-11(2,15)7-5-10-6-8-13-14(10)3/h6,8,12,15H,4-5,7,9H2,1-3H3. The molecule has 0 aliphatic heterocycles. The van der Waals surface area contributed by atoms with E-state index in [2.05, 4.69) is 10.4 Å². The molecule has 0 aliphatic rings. The molecular formula is C11H21N3O. The highest BCUT2D eigenvalue weighted by molar-refractivity contribution is 5.01. The van der Waals surface area contributed by atoms with Crippen molar-refractivity contribution in [3.8, 4) is 0 Å². The van der Waals surface area contributed by atoms with Gasteiger partial charge in [0.25, 0.3) is 0 Å². The van der Waals surface area contributed by atoms with E-state index in [0.29, 0.717) is 6.54 Å². The summed E-state index contributed by atoms with van der Waals surface area (Å²) in [5, 5.41) is 17.3. The summed E-state index contributed by atoms with van der Waals surface area (Å²) in [6.07, 6.45) is 3.39. The summed E-state index contributed by atoms with van der Waals surface area (Å²) in [6.45, 7) is 5.44. The number of hydrogen-bond acceptors (Lipinski definition) is 3. The van der Waals surface area contributed by atoms with Gasteiger partial charge >= 0.3 is 0 Å². The van der Waals surface area contributed by atoms with Crippen LogP contribution < -0.4 is 5.32 Å². The van der Waals surface area contributed by atoms with Crippen LogP contribution in [0.5, 0.6) is 0 Å². The molecule has 1 aromatic rings. The molecule has 0 bridgehead atoms. The van der Waals surface area contributed by atoms with Crippen molar-refractivity contribution in [2.75, 3.05) is 13.1 Å². The molecule has 1 heterocycles. The lowest BCUT2D eigenvalue weighted by Crippen LogP contribution is -2.38. The van der Waals surface area contributed by atoms with E-state index in [1.165, 1.54) is 0 Å². The highest BCUT2D eigenvalue weighted by atomic mass is 16.3. The molecular weight excluding hydrogens is 190 g/mol. The molecule has 0 fully saturated rings. The first-order valence-corrected chi connectivity index (χ1v) is 5.45. The van der Waals surface area contributed by atoms with Crippen molar-refractivity contribution in [1.82, 2.24) is 15.1 Å². The molecule has 15 heavy (non-hydrogen) atoms. The van der Waals surface area contributed by atoms with E-state index in [1.807, 2.05) is 31.6 Å².